The molecule has 1 heterocycles. The van der Waals surface area contributed by atoms with E-state index in [4.69, 9.17) is 5.84 Å². The monoisotopic (exact) mass is 354 g/mol. The summed E-state index contributed by atoms with van der Waals surface area (Å²) in [4.78, 5) is 27.5. The lowest BCUT2D eigenvalue weighted by Gasteiger charge is -2.09. The van der Waals surface area contributed by atoms with Crippen LogP contribution in [-0.2, 0) is 6.54 Å². The Labute approximate surface area is 127 Å². The number of nitrogen functional groups attached to an aromatic ring is 1. The molecule has 0 aliphatic rings. The Bertz CT molecular complexity index is 760. The number of carbonyl (C=O) groups is 1. The van der Waals surface area contributed by atoms with Gasteiger partial charge < -0.3 is 0 Å². The second kappa shape index (κ2) is 6.15. The van der Waals surface area contributed by atoms with Gasteiger partial charge >= 0.3 is 0 Å². The minimum atomic E-state index is -0.535. The van der Waals surface area contributed by atoms with Gasteiger partial charge in [-0.25, -0.2) is 15.2 Å². The number of hydrogen-bond acceptors (Lipinski definition) is 4. The maximum absolute atomic E-state index is 13.8. The summed E-state index contributed by atoms with van der Waals surface area (Å²) in [5.41, 5.74) is 2.60. The highest BCUT2D eigenvalue weighted by atomic mass is 79.9. The number of rotatable bonds is 3. The molecule has 1 amide bonds. The Morgan fingerprint density at radius 3 is 2.90 bits per heavy atom. The van der Waals surface area contributed by atoms with Crippen LogP contribution in [0.2, 0.25) is 0 Å². The van der Waals surface area contributed by atoms with Crippen LogP contribution in [0.1, 0.15) is 21.6 Å². The number of nitrogens with zero attached hydrogens (tertiary/aromatic N) is 2. The molecule has 0 aliphatic heterocycles. The van der Waals surface area contributed by atoms with Crippen LogP contribution in [0.15, 0.2) is 33.8 Å². The van der Waals surface area contributed by atoms with E-state index in [2.05, 4.69) is 20.9 Å². The summed E-state index contributed by atoms with van der Waals surface area (Å²) in [6.07, 6.45) is 1.33. The number of hydrazine groups is 1. The van der Waals surface area contributed by atoms with Crippen molar-refractivity contribution in [1.82, 2.24) is 15.0 Å². The third-order valence-electron chi connectivity index (χ3n) is 2.94. The van der Waals surface area contributed by atoms with Crippen molar-refractivity contribution < 1.29 is 9.18 Å². The predicted octanol–water partition coefficient (Wildman–Crippen LogP) is 1.11. The lowest BCUT2D eigenvalue weighted by molar-refractivity contribution is 0.0953. The Hall–Kier alpha value is -2.06. The van der Waals surface area contributed by atoms with Crippen LogP contribution in [-0.4, -0.2) is 15.5 Å². The van der Waals surface area contributed by atoms with Crippen LogP contribution >= 0.6 is 15.9 Å². The number of amides is 1. The Morgan fingerprint density at radius 1 is 1.52 bits per heavy atom. The van der Waals surface area contributed by atoms with Crippen molar-refractivity contribution in [3.63, 3.8) is 0 Å². The second-order valence-electron chi connectivity index (χ2n) is 4.36. The van der Waals surface area contributed by atoms with Crippen molar-refractivity contribution in [2.75, 3.05) is 0 Å². The summed E-state index contributed by atoms with van der Waals surface area (Å²) in [5, 5.41) is 0. The first-order valence-electron chi connectivity index (χ1n) is 5.95. The van der Waals surface area contributed by atoms with Gasteiger partial charge in [-0.3, -0.25) is 19.6 Å². The van der Waals surface area contributed by atoms with E-state index in [1.807, 2.05) is 5.43 Å². The SMILES string of the molecule is Cc1ncn(Cc2cc(C(=O)NN)ccc2F)c(=O)c1Br. The number of nitrogens with one attached hydrogen (secondary N) is 1. The van der Waals surface area contributed by atoms with E-state index < -0.39 is 11.7 Å². The molecule has 21 heavy (non-hydrogen) atoms. The average molecular weight is 355 g/mol. The van der Waals surface area contributed by atoms with Crippen LogP contribution in [0.4, 0.5) is 4.39 Å². The molecule has 2 rings (SSSR count). The summed E-state index contributed by atoms with van der Waals surface area (Å²) in [6.45, 7) is 1.64. The topological polar surface area (TPSA) is 90.0 Å². The van der Waals surface area contributed by atoms with Gasteiger partial charge in [-0.2, -0.15) is 0 Å². The maximum atomic E-state index is 13.8. The molecule has 1 aromatic carbocycles. The molecule has 3 N–H and O–H groups in total. The number of hydrogen-bond donors (Lipinski definition) is 2. The van der Waals surface area contributed by atoms with Crippen LogP contribution in [0.3, 0.4) is 0 Å². The molecule has 0 radical (unpaired) electrons. The third-order valence-corrected chi connectivity index (χ3v) is 3.85. The standard InChI is InChI=1S/C13H12BrFN4O2/c1-7-11(14)13(21)19(6-17-7)5-9-4-8(12(20)18-16)2-3-10(9)15/h2-4,6H,5,16H2,1H3,(H,18,20). The number of aromatic nitrogens is 2. The van der Waals surface area contributed by atoms with E-state index in [0.717, 1.165) is 6.07 Å². The normalized spacial score (nSPS) is 10.5. The first kappa shape index (κ1) is 15.3. The largest absolute Gasteiger partial charge is 0.294 e. The molecule has 0 saturated heterocycles. The van der Waals surface area contributed by atoms with Crippen molar-refractivity contribution >= 4 is 21.8 Å². The first-order chi connectivity index (χ1) is 9.93. The van der Waals surface area contributed by atoms with Gasteiger partial charge in [0, 0.05) is 11.1 Å². The van der Waals surface area contributed by atoms with Gasteiger partial charge in [0.05, 0.1) is 18.6 Å². The van der Waals surface area contributed by atoms with Crippen molar-refractivity contribution in [3.05, 3.63) is 62.0 Å². The molecule has 110 valence electrons. The van der Waals surface area contributed by atoms with Crippen molar-refractivity contribution in [1.29, 1.82) is 0 Å². The molecule has 0 spiro atoms. The molecular formula is C13H12BrFN4O2. The van der Waals surface area contributed by atoms with Gasteiger partial charge in [-0.15, -0.1) is 0 Å². The van der Waals surface area contributed by atoms with Gasteiger partial charge in [0.25, 0.3) is 11.5 Å². The lowest BCUT2D eigenvalue weighted by Crippen LogP contribution is -2.30. The molecule has 0 atom stereocenters. The highest BCUT2D eigenvalue weighted by molar-refractivity contribution is 9.10. The fraction of sp³-hybridized carbons (Fsp3) is 0.154. The highest BCUT2D eigenvalue weighted by Gasteiger charge is 2.11. The van der Waals surface area contributed by atoms with Gasteiger partial charge in [0.2, 0.25) is 0 Å². The van der Waals surface area contributed by atoms with Crippen LogP contribution in [0, 0.1) is 12.7 Å². The smallest absolute Gasteiger partial charge is 0.268 e. The zero-order chi connectivity index (χ0) is 15.6. The number of nitrogens with two attached hydrogens (primary N) is 1. The van der Waals surface area contributed by atoms with Gasteiger partial charge in [-0.05, 0) is 41.1 Å². The Kier molecular flexibility index (Phi) is 4.49. The Morgan fingerprint density at radius 2 is 2.24 bits per heavy atom. The van der Waals surface area contributed by atoms with Crippen LogP contribution < -0.4 is 16.8 Å². The van der Waals surface area contributed by atoms with E-state index >= 15 is 0 Å². The van der Waals surface area contributed by atoms with E-state index in [1.165, 1.54) is 23.0 Å². The Balaban J connectivity index is 2.42. The average Bonchev–Trinajstić information content (AvgIpc) is 2.49. The zero-order valence-corrected chi connectivity index (χ0v) is 12.6. The van der Waals surface area contributed by atoms with Crippen LogP contribution in [0.5, 0.6) is 0 Å². The summed E-state index contributed by atoms with van der Waals surface area (Å²) in [6, 6.07) is 3.81. The third kappa shape index (κ3) is 3.17. The number of aryl methyl sites for hydroxylation is 1. The first-order valence-corrected chi connectivity index (χ1v) is 6.74. The molecule has 2 aromatic rings. The minimum Gasteiger partial charge on any atom is -0.294 e. The van der Waals surface area contributed by atoms with Crippen molar-refractivity contribution in [2.24, 2.45) is 5.84 Å². The number of carbonyl (C=O) groups excluding carboxylic acids is 1. The summed E-state index contributed by atoms with van der Waals surface area (Å²) in [5.74, 6) is 3.98. The molecule has 6 nitrogen and oxygen atoms in total. The van der Waals surface area contributed by atoms with Gasteiger partial charge in [0.15, 0.2) is 0 Å². The van der Waals surface area contributed by atoms with Gasteiger partial charge in [-0.1, -0.05) is 0 Å². The van der Waals surface area contributed by atoms with Crippen molar-refractivity contribution in [2.45, 2.75) is 13.5 Å². The lowest BCUT2D eigenvalue weighted by atomic mass is 10.1. The molecule has 0 fully saturated rings. The summed E-state index contributed by atoms with van der Waals surface area (Å²) >= 11 is 3.14. The van der Waals surface area contributed by atoms with E-state index in [9.17, 15) is 14.0 Å². The molecule has 0 aliphatic carbocycles. The fourth-order valence-corrected chi connectivity index (χ4v) is 2.09. The predicted molar refractivity (Wildman–Crippen MR) is 78.1 cm³/mol. The zero-order valence-electron chi connectivity index (χ0n) is 11.1. The van der Waals surface area contributed by atoms with E-state index in [1.54, 1.807) is 6.92 Å². The molecule has 0 unspecified atom stereocenters. The van der Waals surface area contributed by atoms with Crippen LogP contribution in [0.25, 0.3) is 0 Å². The molecule has 0 bridgehead atoms. The number of benzene rings is 1. The quantitative estimate of drug-likeness (QED) is 0.490. The molecule has 1 aromatic heterocycles. The van der Waals surface area contributed by atoms with Crippen molar-refractivity contribution in [3.8, 4) is 0 Å². The molecule has 8 heteroatoms. The van der Waals surface area contributed by atoms with E-state index in [-0.39, 0.29) is 23.2 Å². The minimum absolute atomic E-state index is 0.0394. The van der Waals surface area contributed by atoms with Gasteiger partial charge in [0.1, 0.15) is 10.3 Å². The summed E-state index contributed by atoms with van der Waals surface area (Å²) in [7, 11) is 0. The number of halogens is 2. The maximum Gasteiger partial charge on any atom is 0.268 e. The second-order valence-corrected chi connectivity index (χ2v) is 5.15. The fourth-order valence-electron chi connectivity index (χ4n) is 1.76. The molecular weight excluding hydrogens is 343 g/mol. The van der Waals surface area contributed by atoms with E-state index in [0.29, 0.717) is 10.2 Å². The highest BCUT2D eigenvalue weighted by Crippen LogP contribution is 2.13. The molecule has 0 saturated carbocycles. The summed E-state index contributed by atoms with van der Waals surface area (Å²) < 4.78 is 15.4.